The number of hydrogen-bond donors (Lipinski definition) is 1. The van der Waals surface area contributed by atoms with Crippen LogP contribution in [0.15, 0.2) is 41.6 Å². The highest BCUT2D eigenvalue weighted by molar-refractivity contribution is 7.98. The lowest BCUT2D eigenvalue weighted by Crippen LogP contribution is -2.03. The SMILES string of the molecule is CSc1ccc(Nc2ncc(F)c(-c3cnc(C)n3C)n2)cc1. The van der Waals surface area contributed by atoms with Crippen LogP contribution in [0.1, 0.15) is 5.82 Å². The van der Waals surface area contributed by atoms with Gasteiger partial charge in [0.2, 0.25) is 5.95 Å². The van der Waals surface area contributed by atoms with Crippen molar-refractivity contribution < 1.29 is 4.39 Å². The molecule has 2 aromatic heterocycles. The Labute approximate surface area is 138 Å². The van der Waals surface area contributed by atoms with E-state index >= 15 is 0 Å². The first kappa shape index (κ1) is 15.5. The maximum Gasteiger partial charge on any atom is 0.227 e. The van der Waals surface area contributed by atoms with Crippen molar-refractivity contribution in [1.29, 1.82) is 0 Å². The molecule has 0 spiro atoms. The normalized spacial score (nSPS) is 10.8. The standard InChI is InChI=1S/C16H16FN5S/c1-10-18-9-14(22(10)2)15-13(17)8-19-16(21-15)20-11-4-6-12(23-3)7-5-11/h4-9H,1-3H3,(H,19,20,21). The Morgan fingerprint density at radius 3 is 2.48 bits per heavy atom. The molecule has 2 heterocycles. The van der Waals surface area contributed by atoms with Gasteiger partial charge in [-0.05, 0) is 37.4 Å². The molecular formula is C16H16FN5S. The summed E-state index contributed by atoms with van der Waals surface area (Å²) in [6.45, 7) is 1.86. The van der Waals surface area contributed by atoms with Gasteiger partial charge in [0.25, 0.3) is 0 Å². The summed E-state index contributed by atoms with van der Waals surface area (Å²) >= 11 is 1.67. The fourth-order valence-corrected chi connectivity index (χ4v) is 2.54. The summed E-state index contributed by atoms with van der Waals surface area (Å²) in [4.78, 5) is 13.6. The zero-order valence-corrected chi connectivity index (χ0v) is 13.9. The molecule has 118 valence electrons. The minimum Gasteiger partial charge on any atom is -0.330 e. The van der Waals surface area contributed by atoms with Crippen LogP contribution >= 0.6 is 11.8 Å². The lowest BCUT2D eigenvalue weighted by atomic mass is 10.3. The molecule has 3 aromatic rings. The highest BCUT2D eigenvalue weighted by atomic mass is 32.2. The largest absolute Gasteiger partial charge is 0.330 e. The number of nitrogens with one attached hydrogen (secondary N) is 1. The Morgan fingerprint density at radius 2 is 1.87 bits per heavy atom. The second kappa shape index (κ2) is 6.37. The molecule has 0 saturated carbocycles. The van der Waals surface area contributed by atoms with Gasteiger partial charge in [0.1, 0.15) is 11.5 Å². The van der Waals surface area contributed by atoms with Crippen LogP contribution in [0.5, 0.6) is 0 Å². The van der Waals surface area contributed by atoms with Crippen LogP contribution in [-0.4, -0.2) is 25.8 Å². The molecular weight excluding hydrogens is 313 g/mol. The molecule has 0 unspecified atom stereocenters. The maximum atomic E-state index is 14.1. The summed E-state index contributed by atoms with van der Waals surface area (Å²) < 4.78 is 15.9. The van der Waals surface area contributed by atoms with Crippen molar-refractivity contribution in [1.82, 2.24) is 19.5 Å². The van der Waals surface area contributed by atoms with E-state index in [4.69, 9.17) is 0 Å². The molecule has 0 aliphatic carbocycles. The second-order valence-electron chi connectivity index (χ2n) is 4.99. The first-order valence-electron chi connectivity index (χ1n) is 7.01. The van der Waals surface area contributed by atoms with Gasteiger partial charge in [0, 0.05) is 17.6 Å². The number of benzene rings is 1. The Morgan fingerprint density at radius 1 is 1.13 bits per heavy atom. The van der Waals surface area contributed by atoms with Gasteiger partial charge in [-0.2, -0.15) is 0 Å². The van der Waals surface area contributed by atoms with Crippen molar-refractivity contribution in [2.24, 2.45) is 7.05 Å². The van der Waals surface area contributed by atoms with Gasteiger partial charge in [-0.25, -0.2) is 19.3 Å². The summed E-state index contributed by atoms with van der Waals surface area (Å²) in [5.74, 6) is 0.661. The minimum atomic E-state index is -0.476. The fraction of sp³-hybridized carbons (Fsp3) is 0.188. The molecule has 0 bridgehead atoms. The molecule has 0 atom stereocenters. The van der Waals surface area contributed by atoms with Crippen LogP contribution in [-0.2, 0) is 7.05 Å². The van der Waals surface area contributed by atoms with E-state index in [2.05, 4.69) is 20.3 Å². The van der Waals surface area contributed by atoms with Crippen LogP contribution in [0.25, 0.3) is 11.4 Å². The molecule has 7 heteroatoms. The highest BCUT2D eigenvalue weighted by Gasteiger charge is 2.14. The molecule has 5 nitrogen and oxygen atoms in total. The van der Waals surface area contributed by atoms with Crippen molar-refractivity contribution in [2.75, 3.05) is 11.6 Å². The van der Waals surface area contributed by atoms with Gasteiger partial charge in [-0.1, -0.05) is 0 Å². The van der Waals surface area contributed by atoms with E-state index in [9.17, 15) is 4.39 Å². The predicted molar refractivity (Wildman–Crippen MR) is 90.4 cm³/mol. The van der Waals surface area contributed by atoms with Crippen molar-refractivity contribution in [3.63, 3.8) is 0 Å². The molecule has 0 radical (unpaired) electrons. The Kier molecular flexibility index (Phi) is 4.29. The van der Waals surface area contributed by atoms with E-state index in [1.807, 2.05) is 44.5 Å². The smallest absolute Gasteiger partial charge is 0.227 e. The fourth-order valence-electron chi connectivity index (χ4n) is 2.13. The van der Waals surface area contributed by atoms with Crippen LogP contribution in [0.2, 0.25) is 0 Å². The maximum absolute atomic E-state index is 14.1. The van der Waals surface area contributed by atoms with E-state index in [0.717, 1.165) is 11.5 Å². The first-order chi connectivity index (χ1) is 11.1. The van der Waals surface area contributed by atoms with Gasteiger partial charge in [-0.15, -0.1) is 11.8 Å². The number of halogens is 1. The second-order valence-corrected chi connectivity index (χ2v) is 5.87. The molecule has 0 aliphatic rings. The lowest BCUT2D eigenvalue weighted by molar-refractivity contribution is 0.616. The van der Waals surface area contributed by atoms with Gasteiger partial charge < -0.3 is 9.88 Å². The van der Waals surface area contributed by atoms with Crippen molar-refractivity contribution in [2.45, 2.75) is 11.8 Å². The molecule has 0 fully saturated rings. The molecule has 0 amide bonds. The van der Waals surface area contributed by atoms with Crippen molar-refractivity contribution >= 4 is 23.4 Å². The summed E-state index contributed by atoms with van der Waals surface area (Å²) in [5, 5.41) is 3.09. The van der Waals surface area contributed by atoms with Crippen LogP contribution < -0.4 is 5.32 Å². The first-order valence-corrected chi connectivity index (χ1v) is 8.23. The van der Waals surface area contributed by atoms with Crippen LogP contribution in [0.4, 0.5) is 16.0 Å². The van der Waals surface area contributed by atoms with Crippen molar-refractivity contribution in [3.05, 3.63) is 48.3 Å². The monoisotopic (exact) mass is 329 g/mol. The van der Waals surface area contributed by atoms with Gasteiger partial charge in [-0.3, -0.25) is 0 Å². The Balaban J connectivity index is 1.92. The molecule has 0 aliphatic heterocycles. The van der Waals surface area contributed by atoms with Crippen LogP contribution in [0, 0.1) is 12.7 Å². The highest BCUT2D eigenvalue weighted by Crippen LogP contribution is 2.23. The average molecular weight is 329 g/mol. The van der Waals surface area contributed by atoms with E-state index < -0.39 is 5.82 Å². The number of hydrogen-bond acceptors (Lipinski definition) is 5. The Bertz CT molecular complexity index is 829. The predicted octanol–water partition coefficient (Wildman–Crippen LogP) is 3.79. The molecule has 0 saturated heterocycles. The number of rotatable bonds is 4. The van der Waals surface area contributed by atoms with E-state index in [0.29, 0.717) is 11.6 Å². The summed E-state index contributed by atoms with van der Waals surface area (Å²) in [6, 6.07) is 7.88. The molecule has 3 rings (SSSR count). The van der Waals surface area contributed by atoms with Gasteiger partial charge >= 0.3 is 0 Å². The van der Waals surface area contributed by atoms with Gasteiger partial charge in [0.15, 0.2) is 5.82 Å². The van der Waals surface area contributed by atoms with E-state index in [1.165, 1.54) is 11.1 Å². The minimum absolute atomic E-state index is 0.228. The molecule has 23 heavy (non-hydrogen) atoms. The zero-order valence-electron chi connectivity index (χ0n) is 13.0. The number of anilines is 2. The third-order valence-electron chi connectivity index (χ3n) is 3.55. The lowest BCUT2D eigenvalue weighted by Gasteiger charge is -2.08. The Hall–Kier alpha value is -2.41. The van der Waals surface area contributed by atoms with E-state index in [-0.39, 0.29) is 5.69 Å². The molecule has 1 aromatic carbocycles. The topological polar surface area (TPSA) is 55.6 Å². The number of aryl methyl sites for hydroxylation is 1. The summed E-state index contributed by atoms with van der Waals surface area (Å²) in [6.07, 6.45) is 4.80. The van der Waals surface area contributed by atoms with Crippen LogP contribution in [0.3, 0.4) is 0 Å². The summed E-state index contributed by atoms with van der Waals surface area (Å²) in [5.41, 5.74) is 1.69. The van der Waals surface area contributed by atoms with Crippen molar-refractivity contribution in [3.8, 4) is 11.4 Å². The quantitative estimate of drug-likeness (QED) is 0.738. The third kappa shape index (κ3) is 3.19. The third-order valence-corrected chi connectivity index (χ3v) is 4.30. The summed E-state index contributed by atoms with van der Waals surface area (Å²) in [7, 11) is 1.83. The van der Waals surface area contributed by atoms with E-state index in [1.54, 1.807) is 22.5 Å². The molecule has 1 N–H and O–H groups in total. The zero-order chi connectivity index (χ0) is 16.4. The number of imidazole rings is 1. The average Bonchev–Trinajstić information content (AvgIpc) is 2.89. The number of nitrogens with zero attached hydrogens (tertiary/aromatic N) is 4. The number of aromatic nitrogens is 4. The van der Waals surface area contributed by atoms with Gasteiger partial charge in [0.05, 0.1) is 18.1 Å². The number of thioether (sulfide) groups is 1.